The first-order valence-electron chi connectivity index (χ1n) is 9.22. The monoisotopic (exact) mass is 366 g/mol. The third-order valence-corrected chi connectivity index (χ3v) is 4.84. The van der Waals surface area contributed by atoms with Gasteiger partial charge in [-0.3, -0.25) is 4.79 Å². The second-order valence-corrected chi connectivity index (χ2v) is 6.98. The van der Waals surface area contributed by atoms with E-state index in [1.165, 1.54) is 0 Å². The van der Waals surface area contributed by atoms with Crippen LogP contribution in [0.3, 0.4) is 0 Å². The molecule has 140 valence electrons. The summed E-state index contributed by atoms with van der Waals surface area (Å²) >= 11 is 0. The first-order chi connectivity index (χ1) is 13.1. The highest BCUT2D eigenvalue weighted by molar-refractivity contribution is 5.95. The molecule has 3 heterocycles. The van der Waals surface area contributed by atoms with Gasteiger partial charge in [-0.2, -0.15) is 10.1 Å². The molecule has 1 aliphatic rings. The maximum Gasteiger partial charge on any atom is 0.259 e. The quantitative estimate of drug-likeness (QED) is 0.720. The number of carbonyl (C=O) groups is 1. The van der Waals surface area contributed by atoms with E-state index in [0.29, 0.717) is 23.2 Å². The third kappa shape index (κ3) is 3.47. The molecule has 0 saturated heterocycles. The average Bonchev–Trinajstić information content (AvgIpc) is 3.28. The van der Waals surface area contributed by atoms with E-state index >= 15 is 0 Å². The Morgan fingerprint density at radius 1 is 1.37 bits per heavy atom. The van der Waals surface area contributed by atoms with Gasteiger partial charge in [-0.25, -0.2) is 9.67 Å². The van der Waals surface area contributed by atoms with E-state index < -0.39 is 0 Å². The summed E-state index contributed by atoms with van der Waals surface area (Å²) in [6, 6.07) is 3.81. The van der Waals surface area contributed by atoms with Crippen LogP contribution >= 0.6 is 0 Å². The summed E-state index contributed by atoms with van der Waals surface area (Å²) in [4.78, 5) is 21.2. The zero-order valence-corrected chi connectivity index (χ0v) is 15.6. The zero-order valence-electron chi connectivity index (χ0n) is 15.6. The molecule has 1 atom stereocenters. The smallest absolute Gasteiger partial charge is 0.259 e. The number of pyridine rings is 1. The fourth-order valence-electron chi connectivity index (χ4n) is 2.76. The highest BCUT2D eigenvalue weighted by atomic mass is 16.5. The number of aromatic nitrogens is 5. The minimum atomic E-state index is -0.122. The highest BCUT2D eigenvalue weighted by Gasteiger charge is 2.29. The van der Waals surface area contributed by atoms with Crippen LogP contribution in [0.1, 0.15) is 60.9 Å². The van der Waals surface area contributed by atoms with E-state index in [1.807, 2.05) is 32.9 Å². The van der Waals surface area contributed by atoms with Crippen molar-refractivity contribution in [2.24, 2.45) is 0 Å². The highest BCUT2D eigenvalue weighted by Crippen LogP contribution is 2.38. The number of nitrogens with one attached hydrogen (secondary N) is 1. The van der Waals surface area contributed by atoms with Crippen molar-refractivity contribution >= 4 is 5.91 Å². The van der Waals surface area contributed by atoms with Gasteiger partial charge in [-0.1, -0.05) is 12.1 Å². The van der Waals surface area contributed by atoms with Crippen LogP contribution in [-0.4, -0.2) is 36.9 Å². The van der Waals surface area contributed by atoms with Crippen molar-refractivity contribution in [2.45, 2.75) is 52.0 Å². The Hall–Kier alpha value is -3.03. The van der Waals surface area contributed by atoms with Crippen LogP contribution in [0, 0.1) is 6.92 Å². The molecule has 1 N–H and O–H groups in total. The Morgan fingerprint density at radius 3 is 2.85 bits per heavy atom. The Balaban J connectivity index is 1.54. The molecule has 1 aliphatic carbocycles. The number of hydrogen-bond donors (Lipinski definition) is 1. The van der Waals surface area contributed by atoms with Crippen LogP contribution in [0.25, 0.3) is 17.3 Å². The van der Waals surface area contributed by atoms with Gasteiger partial charge in [-0.05, 0) is 45.2 Å². The lowest BCUT2D eigenvalue weighted by molar-refractivity contribution is 0.0938. The van der Waals surface area contributed by atoms with Gasteiger partial charge in [-0.15, -0.1) is 0 Å². The SMILES string of the molecule is CCC(C)NC(=O)c1cnn(-c2ccc(-c3nc(C4CC4)no3)cn2)c1C. The first kappa shape index (κ1) is 17.4. The van der Waals surface area contributed by atoms with E-state index in [4.69, 9.17) is 4.52 Å². The van der Waals surface area contributed by atoms with Crippen LogP contribution in [-0.2, 0) is 0 Å². The fraction of sp³-hybridized carbons (Fsp3) is 0.421. The van der Waals surface area contributed by atoms with Gasteiger partial charge < -0.3 is 9.84 Å². The van der Waals surface area contributed by atoms with E-state index in [0.717, 1.165) is 36.3 Å². The van der Waals surface area contributed by atoms with Crippen LogP contribution < -0.4 is 5.32 Å². The number of nitrogens with zero attached hydrogens (tertiary/aromatic N) is 5. The predicted octanol–water partition coefficient (Wildman–Crippen LogP) is 3.03. The summed E-state index contributed by atoms with van der Waals surface area (Å²) in [7, 11) is 0. The maximum atomic E-state index is 12.4. The van der Waals surface area contributed by atoms with E-state index in [9.17, 15) is 4.79 Å². The Morgan fingerprint density at radius 2 is 2.19 bits per heavy atom. The van der Waals surface area contributed by atoms with Crippen molar-refractivity contribution in [2.75, 3.05) is 0 Å². The lowest BCUT2D eigenvalue weighted by Crippen LogP contribution is -2.32. The summed E-state index contributed by atoms with van der Waals surface area (Å²) in [5.41, 5.74) is 2.05. The molecule has 4 rings (SSSR count). The number of rotatable bonds is 6. The molecular weight excluding hydrogens is 344 g/mol. The number of carbonyl (C=O) groups excluding carboxylic acids is 1. The summed E-state index contributed by atoms with van der Waals surface area (Å²) < 4.78 is 6.98. The molecule has 8 nitrogen and oxygen atoms in total. The standard InChI is InChI=1S/C19H22N6O2/c1-4-11(2)22-18(26)15-10-21-25(12(15)3)16-8-7-14(9-20-16)19-23-17(24-27-19)13-5-6-13/h7-11,13H,4-6H2,1-3H3,(H,22,26). The number of amides is 1. The molecule has 3 aromatic heterocycles. The molecule has 27 heavy (non-hydrogen) atoms. The van der Waals surface area contributed by atoms with Gasteiger partial charge in [0, 0.05) is 18.2 Å². The summed E-state index contributed by atoms with van der Waals surface area (Å²) in [6.45, 7) is 5.86. The van der Waals surface area contributed by atoms with Gasteiger partial charge in [0.05, 0.1) is 23.0 Å². The molecule has 1 unspecified atom stereocenters. The maximum absolute atomic E-state index is 12.4. The van der Waals surface area contributed by atoms with Gasteiger partial charge in [0.2, 0.25) is 0 Å². The molecule has 0 radical (unpaired) electrons. The van der Waals surface area contributed by atoms with Crippen LogP contribution in [0.5, 0.6) is 0 Å². The fourth-order valence-corrected chi connectivity index (χ4v) is 2.76. The lowest BCUT2D eigenvalue weighted by atomic mass is 10.2. The molecule has 8 heteroatoms. The summed E-state index contributed by atoms with van der Waals surface area (Å²) in [5, 5.41) is 11.3. The first-order valence-corrected chi connectivity index (χ1v) is 9.22. The molecule has 3 aromatic rings. The second kappa shape index (κ2) is 6.94. The minimum absolute atomic E-state index is 0.118. The van der Waals surface area contributed by atoms with Gasteiger partial charge in [0.1, 0.15) is 0 Å². The topological polar surface area (TPSA) is 98.7 Å². The van der Waals surface area contributed by atoms with Crippen LogP contribution in [0.15, 0.2) is 29.0 Å². The van der Waals surface area contributed by atoms with Crippen molar-refractivity contribution in [1.29, 1.82) is 0 Å². The normalized spacial score (nSPS) is 14.9. The van der Waals surface area contributed by atoms with Gasteiger partial charge in [0.15, 0.2) is 11.6 Å². The van der Waals surface area contributed by atoms with Crippen molar-refractivity contribution in [1.82, 2.24) is 30.2 Å². The zero-order chi connectivity index (χ0) is 19.0. The predicted molar refractivity (Wildman–Crippen MR) is 98.6 cm³/mol. The Bertz CT molecular complexity index is 955. The number of hydrogen-bond acceptors (Lipinski definition) is 6. The lowest BCUT2D eigenvalue weighted by Gasteiger charge is -2.11. The van der Waals surface area contributed by atoms with Crippen molar-refractivity contribution in [3.63, 3.8) is 0 Å². The molecule has 1 saturated carbocycles. The summed E-state index contributed by atoms with van der Waals surface area (Å²) in [6.07, 6.45) is 6.38. The Labute approximate surface area is 157 Å². The summed E-state index contributed by atoms with van der Waals surface area (Å²) in [5.74, 6) is 2.20. The molecule has 0 aromatic carbocycles. The average molecular weight is 366 g/mol. The van der Waals surface area contributed by atoms with E-state index in [1.54, 1.807) is 17.1 Å². The molecule has 1 amide bonds. The molecule has 0 bridgehead atoms. The largest absolute Gasteiger partial charge is 0.349 e. The van der Waals surface area contributed by atoms with Crippen molar-refractivity contribution < 1.29 is 9.32 Å². The van der Waals surface area contributed by atoms with E-state index in [-0.39, 0.29) is 11.9 Å². The third-order valence-electron chi connectivity index (χ3n) is 4.84. The molecule has 0 aliphatic heterocycles. The molecular formula is C19H22N6O2. The van der Waals surface area contributed by atoms with E-state index in [2.05, 4.69) is 25.5 Å². The second-order valence-electron chi connectivity index (χ2n) is 6.98. The Kier molecular flexibility index (Phi) is 4.47. The molecule has 1 fully saturated rings. The van der Waals surface area contributed by atoms with Crippen LogP contribution in [0.2, 0.25) is 0 Å². The van der Waals surface area contributed by atoms with Crippen molar-refractivity contribution in [3.8, 4) is 17.3 Å². The van der Waals surface area contributed by atoms with Gasteiger partial charge >= 0.3 is 0 Å². The van der Waals surface area contributed by atoms with Crippen molar-refractivity contribution in [3.05, 3.63) is 41.6 Å². The van der Waals surface area contributed by atoms with Gasteiger partial charge in [0.25, 0.3) is 11.8 Å². The molecule has 0 spiro atoms. The van der Waals surface area contributed by atoms with Crippen LogP contribution in [0.4, 0.5) is 0 Å². The minimum Gasteiger partial charge on any atom is -0.349 e.